The third-order valence-electron chi connectivity index (χ3n) is 5.63. The molecule has 1 unspecified atom stereocenters. The molecule has 35 heavy (non-hydrogen) atoms. The van der Waals surface area contributed by atoms with Gasteiger partial charge in [-0.1, -0.05) is 42.5 Å². The second-order valence-corrected chi connectivity index (χ2v) is 10.9. The fourth-order valence-electron chi connectivity index (χ4n) is 3.25. The summed E-state index contributed by atoms with van der Waals surface area (Å²) in [6, 6.07) is 16.1. The van der Waals surface area contributed by atoms with Crippen LogP contribution >= 0.6 is 7.60 Å². The van der Waals surface area contributed by atoms with Crippen LogP contribution in [0.2, 0.25) is 0 Å². The van der Waals surface area contributed by atoms with Gasteiger partial charge in [-0.15, -0.1) is 0 Å². The van der Waals surface area contributed by atoms with E-state index in [1.54, 1.807) is 38.1 Å². The summed E-state index contributed by atoms with van der Waals surface area (Å²) in [6.07, 6.45) is 0. The Kier molecular flexibility index (Phi) is 8.83. The first-order valence-electron chi connectivity index (χ1n) is 11.3. The van der Waals surface area contributed by atoms with Crippen LogP contribution < -0.4 is 5.32 Å². The van der Waals surface area contributed by atoms with Gasteiger partial charge in [0.2, 0.25) is 5.91 Å². The molecule has 1 heterocycles. The number of esters is 2. The van der Waals surface area contributed by atoms with Crippen molar-refractivity contribution in [3.05, 3.63) is 71.3 Å². The van der Waals surface area contributed by atoms with Crippen LogP contribution in [0.1, 0.15) is 42.3 Å². The number of benzene rings is 2. The molecule has 1 amide bonds. The van der Waals surface area contributed by atoms with Crippen LogP contribution in [0.3, 0.4) is 0 Å². The highest BCUT2D eigenvalue weighted by molar-refractivity contribution is 7.55. The van der Waals surface area contributed by atoms with Gasteiger partial charge in [0.05, 0.1) is 30.8 Å². The van der Waals surface area contributed by atoms with Crippen LogP contribution in [-0.2, 0) is 45.8 Å². The molecule has 188 valence electrons. The molecule has 1 fully saturated rings. The monoisotopic (exact) mass is 503 g/mol. The van der Waals surface area contributed by atoms with Crippen LogP contribution in [0.15, 0.2) is 54.6 Å². The maximum Gasteiger partial charge on any atom is 0.344 e. The average molecular weight is 503 g/mol. The van der Waals surface area contributed by atoms with Crippen molar-refractivity contribution in [2.75, 3.05) is 19.8 Å². The Morgan fingerprint density at radius 1 is 1.00 bits per heavy atom. The first kappa shape index (κ1) is 26.6. The van der Waals surface area contributed by atoms with E-state index in [4.69, 9.17) is 18.5 Å². The van der Waals surface area contributed by atoms with Gasteiger partial charge in [-0.05, 0) is 44.0 Å². The fraction of sp³-hybridized carbons (Fsp3) is 0.400. The van der Waals surface area contributed by atoms with Crippen molar-refractivity contribution in [3.8, 4) is 0 Å². The Balaban J connectivity index is 1.49. The van der Waals surface area contributed by atoms with Crippen LogP contribution in [0.4, 0.5) is 0 Å². The van der Waals surface area contributed by atoms with E-state index in [1.807, 2.05) is 30.3 Å². The second kappa shape index (κ2) is 11.6. The van der Waals surface area contributed by atoms with Crippen molar-refractivity contribution in [1.82, 2.24) is 5.32 Å². The highest BCUT2D eigenvalue weighted by Gasteiger charge is 2.48. The Labute approximate surface area is 204 Å². The van der Waals surface area contributed by atoms with Crippen LogP contribution in [-0.4, -0.2) is 43.3 Å². The highest BCUT2D eigenvalue weighted by atomic mass is 31.2. The molecule has 1 saturated heterocycles. The lowest BCUT2D eigenvalue weighted by Gasteiger charge is -2.37. The molecule has 3 rings (SSSR count). The van der Waals surface area contributed by atoms with Crippen LogP contribution in [0, 0.1) is 5.41 Å². The van der Waals surface area contributed by atoms with Gasteiger partial charge in [-0.25, -0.2) is 4.79 Å². The lowest BCUT2D eigenvalue weighted by atomic mass is 9.92. The normalized spacial score (nSPS) is 22.6. The van der Waals surface area contributed by atoms with E-state index in [0.29, 0.717) is 5.56 Å². The molecule has 0 radical (unpaired) electrons. The molecule has 0 spiro atoms. The van der Waals surface area contributed by atoms with Crippen molar-refractivity contribution < 1.29 is 37.5 Å². The molecule has 0 aliphatic carbocycles. The number of carbonyl (C=O) groups is 3. The number of hydrogen-bond donors (Lipinski definition) is 1. The van der Waals surface area contributed by atoms with Crippen LogP contribution in [0.25, 0.3) is 0 Å². The summed E-state index contributed by atoms with van der Waals surface area (Å²) in [6.45, 7) is 4.93. The fourth-order valence-corrected chi connectivity index (χ4v) is 5.04. The standard InChI is InChI=1S/C25H30NO8P/c1-4-31-22(27)18(2)35(30)33-16-25(3,17-34-35)24(29)26-14-19-10-12-21(13-11-19)23(28)32-15-20-8-6-5-7-9-20/h5-13,18H,4,14-17H2,1-3H3,(H,26,29). The molecule has 9 nitrogen and oxygen atoms in total. The molecule has 2 aromatic rings. The molecular weight excluding hydrogens is 473 g/mol. The second-order valence-electron chi connectivity index (χ2n) is 8.52. The number of rotatable bonds is 9. The Hall–Kier alpha value is -3.00. The van der Waals surface area contributed by atoms with Gasteiger partial charge in [0.1, 0.15) is 6.61 Å². The molecule has 1 atom stereocenters. The van der Waals surface area contributed by atoms with Crippen molar-refractivity contribution in [2.24, 2.45) is 5.41 Å². The smallest absolute Gasteiger partial charge is 0.344 e. The lowest BCUT2D eigenvalue weighted by molar-refractivity contribution is -0.143. The molecule has 10 heteroatoms. The molecule has 2 aromatic carbocycles. The van der Waals surface area contributed by atoms with Gasteiger partial charge in [0, 0.05) is 6.54 Å². The number of nitrogens with one attached hydrogen (secondary N) is 1. The molecule has 0 saturated carbocycles. The third-order valence-corrected chi connectivity index (χ3v) is 7.77. The third kappa shape index (κ3) is 6.78. The molecular formula is C25H30NO8P. The van der Waals surface area contributed by atoms with Gasteiger partial charge in [-0.3, -0.25) is 14.2 Å². The summed E-state index contributed by atoms with van der Waals surface area (Å²) in [5.41, 5.74) is -0.0722. The predicted molar refractivity (Wildman–Crippen MR) is 128 cm³/mol. The Bertz CT molecular complexity index is 1070. The summed E-state index contributed by atoms with van der Waals surface area (Å²) in [4.78, 5) is 36.9. The van der Waals surface area contributed by atoms with Crippen molar-refractivity contribution in [1.29, 1.82) is 0 Å². The largest absolute Gasteiger partial charge is 0.465 e. The van der Waals surface area contributed by atoms with E-state index in [-0.39, 0.29) is 38.9 Å². The summed E-state index contributed by atoms with van der Waals surface area (Å²) in [7, 11) is -3.73. The van der Waals surface area contributed by atoms with Crippen molar-refractivity contribution in [3.63, 3.8) is 0 Å². The van der Waals surface area contributed by atoms with E-state index in [1.165, 1.54) is 6.92 Å². The van der Waals surface area contributed by atoms with Gasteiger partial charge in [0.15, 0.2) is 5.66 Å². The zero-order valence-electron chi connectivity index (χ0n) is 20.0. The maximum absolute atomic E-state index is 12.8. The van der Waals surface area contributed by atoms with E-state index in [0.717, 1.165) is 11.1 Å². The molecule has 0 aromatic heterocycles. The van der Waals surface area contributed by atoms with Crippen molar-refractivity contribution in [2.45, 2.75) is 39.6 Å². The van der Waals surface area contributed by atoms with Gasteiger partial charge in [-0.2, -0.15) is 0 Å². The summed E-state index contributed by atoms with van der Waals surface area (Å²) in [5, 5.41) is 2.81. The molecule has 1 aliphatic heterocycles. The number of hydrogen-bond acceptors (Lipinski definition) is 8. The first-order valence-corrected chi connectivity index (χ1v) is 12.9. The number of carbonyl (C=O) groups excluding carboxylic acids is 3. The Morgan fingerprint density at radius 3 is 2.23 bits per heavy atom. The Morgan fingerprint density at radius 2 is 1.63 bits per heavy atom. The van der Waals surface area contributed by atoms with E-state index >= 15 is 0 Å². The van der Waals surface area contributed by atoms with E-state index in [2.05, 4.69) is 5.32 Å². The first-order chi connectivity index (χ1) is 16.7. The summed E-state index contributed by atoms with van der Waals surface area (Å²) >= 11 is 0. The van der Waals surface area contributed by atoms with Crippen molar-refractivity contribution >= 4 is 25.4 Å². The van der Waals surface area contributed by atoms with E-state index in [9.17, 15) is 18.9 Å². The topological polar surface area (TPSA) is 117 Å². The average Bonchev–Trinajstić information content (AvgIpc) is 2.88. The molecule has 0 bridgehead atoms. The van der Waals surface area contributed by atoms with Gasteiger partial charge >= 0.3 is 19.5 Å². The highest BCUT2D eigenvalue weighted by Crippen LogP contribution is 2.57. The van der Waals surface area contributed by atoms with Crippen LogP contribution in [0.5, 0.6) is 0 Å². The summed E-state index contributed by atoms with van der Waals surface area (Å²) < 4.78 is 33.8. The maximum atomic E-state index is 12.8. The molecule has 1 N–H and O–H groups in total. The van der Waals surface area contributed by atoms with Gasteiger partial charge < -0.3 is 23.8 Å². The summed E-state index contributed by atoms with van der Waals surface area (Å²) in [5.74, 6) is -1.45. The number of amides is 1. The predicted octanol–water partition coefficient (Wildman–Crippen LogP) is 3.86. The zero-order valence-corrected chi connectivity index (χ0v) is 20.9. The minimum absolute atomic E-state index is 0.152. The lowest BCUT2D eigenvalue weighted by Crippen LogP contribution is -2.47. The SMILES string of the molecule is CCOC(=O)C(C)P1(=O)OCC(C)(C(=O)NCc2ccc(C(=O)OCc3ccccc3)cc2)CO1. The van der Waals surface area contributed by atoms with Gasteiger partial charge in [0.25, 0.3) is 0 Å². The minimum Gasteiger partial charge on any atom is -0.465 e. The number of ether oxygens (including phenoxy) is 2. The van der Waals surface area contributed by atoms with E-state index < -0.39 is 30.6 Å². The quantitative estimate of drug-likeness (QED) is 0.405. The minimum atomic E-state index is -3.73. The zero-order chi connectivity index (χ0) is 25.5. The molecule has 1 aliphatic rings.